The van der Waals surface area contributed by atoms with E-state index < -0.39 is 0 Å². The quantitative estimate of drug-likeness (QED) is 0.0513. The molecule has 0 atom stereocenters. The van der Waals surface area contributed by atoms with E-state index in [1.807, 2.05) is 0 Å². The van der Waals surface area contributed by atoms with E-state index in [2.05, 4.69) is 84.2 Å². The summed E-state index contributed by atoms with van der Waals surface area (Å²) in [5.41, 5.74) is 0. The summed E-state index contributed by atoms with van der Waals surface area (Å²) in [5.74, 6) is 0. The van der Waals surface area contributed by atoms with E-state index >= 15 is 0 Å². The van der Waals surface area contributed by atoms with Crippen molar-refractivity contribution < 1.29 is 0 Å². The lowest BCUT2D eigenvalue weighted by Gasteiger charge is -2.44. The van der Waals surface area contributed by atoms with E-state index in [4.69, 9.17) is 0 Å². The van der Waals surface area contributed by atoms with Gasteiger partial charge in [0.25, 0.3) is 0 Å². The second-order valence-corrected chi connectivity index (χ2v) is 16.0. The van der Waals surface area contributed by atoms with Crippen LogP contribution in [-0.4, -0.2) is 73.1 Å². The van der Waals surface area contributed by atoms with Gasteiger partial charge in [0.2, 0.25) is 0 Å². The van der Waals surface area contributed by atoms with Crippen molar-refractivity contribution in [3.05, 3.63) is 48.6 Å². The summed E-state index contributed by atoms with van der Waals surface area (Å²) in [5, 5.41) is 0. The predicted molar refractivity (Wildman–Crippen MR) is 225 cm³/mol. The number of likely N-dealkylation sites (N-methyl/N-ethyl adjacent to an activating group) is 1. The number of allylic oxidation sites excluding steroid dienone is 8. The van der Waals surface area contributed by atoms with Crippen molar-refractivity contribution in [2.75, 3.05) is 46.3 Å². The van der Waals surface area contributed by atoms with Gasteiger partial charge in [0.15, 0.2) is 0 Å². The summed E-state index contributed by atoms with van der Waals surface area (Å²) in [6, 6.07) is 1.67. The highest BCUT2D eigenvalue weighted by molar-refractivity contribution is 4.93. The lowest BCUT2D eigenvalue weighted by atomic mass is 9.95. The molecule has 0 spiro atoms. The first-order chi connectivity index (χ1) is 24.7. The van der Waals surface area contributed by atoms with Crippen molar-refractivity contribution in [3.63, 3.8) is 0 Å². The first kappa shape index (κ1) is 45.0. The van der Waals surface area contributed by atoms with Gasteiger partial charge in [-0.05, 0) is 110 Å². The standard InChI is InChI=1S/C47H87N3/c1-4-6-8-10-12-14-16-18-20-22-24-26-28-30-32-34-36-46(49-40-38-47(39-41-49)50-44-42-48(3)43-45-50)37-35-33-31-29-27-25-23-21-19-17-15-13-11-9-7-5-2/h12-15,18-21,46-47H,4-11,16-17,22-45H2,1-3H3/b14-12-,15-13-,20-18-,21-19-. The van der Waals surface area contributed by atoms with Crippen LogP contribution >= 0.6 is 0 Å². The van der Waals surface area contributed by atoms with E-state index in [-0.39, 0.29) is 0 Å². The molecule has 0 aliphatic carbocycles. The molecule has 3 heteroatoms. The van der Waals surface area contributed by atoms with Crippen LogP contribution in [0.4, 0.5) is 0 Å². The molecule has 0 bridgehead atoms. The normalized spacial score (nSPS) is 17.7. The molecule has 0 saturated carbocycles. The molecule has 0 N–H and O–H groups in total. The average molecular weight is 694 g/mol. The van der Waals surface area contributed by atoms with Crippen molar-refractivity contribution in [3.8, 4) is 0 Å². The van der Waals surface area contributed by atoms with E-state index in [0.717, 1.165) is 24.9 Å². The number of likely N-dealkylation sites (tertiary alicyclic amines) is 1. The maximum absolute atomic E-state index is 2.94. The third-order valence-electron chi connectivity index (χ3n) is 11.5. The van der Waals surface area contributed by atoms with Gasteiger partial charge in [-0.1, -0.05) is 152 Å². The summed E-state index contributed by atoms with van der Waals surface area (Å²) >= 11 is 0. The Hall–Kier alpha value is -1.16. The summed E-state index contributed by atoms with van der Waals surface area (Å²) in [6.45, 7) is 12.3. The lowest BCUT2D eigenvalue weighted by molar-refractivity contribution is 0.0498. The topological polar surface area (TPSA) is 9.72 Å². The second-order valence-electron chi connectivity index (χ2n) is 16.0. The molecular weight excluding hydrogens is 607 g/mol. The van der Waals surface area contributed by atoms with Crippen LogP contribution in [0.5, 0.6) is 0 Å². The predicted octanol–water partition coefficient (Wildman–Crippen LogP) is 13.5. The van der Waals surface area contributed by atoms with Crippen LogP contribution in [0.15, 0.2) is 48.6 Å². The van der Waals surface area contributed by atoms with Crippen molar-refractivity contribution in [1.82, 2.24) is 14.7 Å². The number of piperazine rings is 1. The van der Waals surface area contributed by atoms with Crippen LogP contribution < -0.4 is 0 Å². The SMILES string of the molecule is CCCCC/C=C\C/C=C\CCCCCCCCC(CCCCCCCC/C=C\C/C=C\CCCCC)N1CCC(N2CCN(C)CC2)CC1. The number of nitrogens with zero attached hydrogens (tertiary/aromatic N) is 3. The maximum Gasteiger partial charge on any atom is 0.0121 e. The van der Waals surface area contributed by atoms with E-state index in [1.165, 1.54) is 206 Å². The highest BCUT2D eigenvalue weighted by Crippen LogP contribution is 2.25. The monoisotopic (exact) mass is 694 g/mol. The molecule has 2 fully saturated rings. The summed E-state index contributed by atoms with van der Waals surface area (Å²) < 4.78 is 0. The minimum Gasteiger partial charge on any atom is -0.304 e. The molecule has 2 saturated heterocycles. The molecule has 0 amide bonds. The van der Waals surface area contributed by atoms with Crippen molar-refractivity contribution in [1.29, 1.82) is 0 Å². The fourth-order valence-corrected chi connectivity index (χ4v) is 8.05. The second kappa shape index (κ2) is 33.7. The number of hydrogen-bond donors (Lipinski definition) is 0. The molecule has 3 nitrogen and oxygen atoms in total. The van der Waals surface area contributed by atoms with Crippen LogP contribution in [-0.2, 0) is 0 Å². The van der Waals surface area contributed by atoms with Gasteiger partial charge in [-0.25, -0.2) is 0 Å². The van der Waals surface area contributed by atoms with Gasteiger partial charge in [-0.15, -0.1) is 0 Å². The Morgan fingerprint density at radius 2 is 0.820 bits per heavy atom. The number of rotatable bonds is 32. The molecule has 2 aliphatic rings. The van der Waals surface area contributed by atoms with Gasteiger partial charge in [0, 0.05) is 38.3 Å². The third-order valence-corrected chi connectivity index (χ3v) is 11.5. The minimum absolute atomic E-state index is 0.833. The molecule has 0 radical (unpaired) electrons. The van der Waals surface area contributed by atoms with E-state index in [0.29, 0.717) is 0 Å². The number of hydrogen-bond acceptors (Lipinski definition) is 3. The van der Waals surface area contributed by atoms with Crippen LogP contribution in [0, 0.1) is 0 Å². The Balaban J connectivity index is 1.57. The average Bonchev–Trinajstić information content (AvgIpc) is 3.14. The highest BCUT2D eigenvalue weighted by Gasteiger charge is 2.29. The molecule has 0 aromatic rings. The zero-order valence-electron chi connectivity index (χ0n) is 34.2. The summed E-state index contributed by atoms with van der Waals surface area (Å²) in [7, 11) is 2.28. The molecule has 50 heavy (non-hydrogen) atoms. The molecule has 2 aliphatic heterocycles. The summed E-state index contributed by atoms with van der Waals surface area (Å²) in [4.78, 5) is 8.25. The maximum atomic E-state index is 2.94. The van der Waals surface area contributed by atoms with Crippen molar-refractivity contribution in [2.24, 2.45) is 0 Å². The third kappa shape index (κ3) is 24.9. The molecule has 2 heterocycles. The lowest BCUT2D eigenvalue weighted by Crippen LogP contribution is -2.53. The fourth-order valence-electron chi connectivity index (χ4n) is 8.05. The van der Waals surface area contributed by atoms with Gasteiger partial charge in [0.1, 0.15) is 0 Å². The Kier molecular flexibility index (Phi) is 30.3. The Morgan fingerprint density at radius 3 is 1.24 bits per heavy atom. The highest BCUT2D eigenvalue weighted by atomic mass is 15.3. The van der Waals surface area contributed by atoms with Crippen LogP contribution in [0.25, 0.3) is 0 Å². The van der Waals surface area contributed by atoms with Crippen LogP contribution in [0.3, 0.4) is 0 Å². The molecule has 0 unspecified atom stereocenters. The van der Waals surface area contributed by atoms with Crippen molar-refractivity contribution in [2.45, 2.75) is 206 Å². The largest absolute Gasteiger partial charge is 0.304 e. The van der Waals surface area contributed by atoms with Crippen molar-refractivity contribution >= 4 is 0 Å². The molecular formula is C47H87N3. The fraction of sp³-hybridized carbons (Fsp3) is 0.830. The van der Waals surface area contributed by atoms with Crippen LogP contribution in [0.1, 0.15) is 194 Å². The Labute approximate surface area is 314 Å². The van der Waals surface area contributed by atoms with Gasteiger partial charge >= 0.3 is 0 Å². The minimum atomic E-state index is 0.833. The first-order valence-corrected chi connectivity index (χ1v) is 22.5. The van der Waals surface area contributed by atoms with Crippen LogP contribution in [0.2, 0.25) is 0 Å². The number of unbranched alkanes of at least 4 members (excludes halogenated alkanes) is 18. The number of piperidine rings is 1. The molecule has 290 valence electrons. The van der Waals surface area contributed by atoms with E-state index in [9.17, 15) is 0 Å². The smallest absolute Gasteiger partial charge is 0.0121 e. The van der Waals surface area contributed by atoms with Gasteiger partial charge < -0.3 is 9.80 Å². The molecule has 0 aromatic heterocycles. The Morgan fingerprint density at radius 1 is 0.440 bits per heavy atom. The van der Waals surface area contributed by atoms with E-state index in [1.54, 1.807) is 0 Å². The zero-order valence-corrected chi connectivity index (χ0v) is 34.2. The van der Waals surface area contributed by atoms with Gasteiger partial charge in [-0.3, -0.25) is 4.90 Å². The Bertz CT molecular complexity index is 779. The first-order valence-electron chi connectivity index (χ1n) is 22.5. The zero-order chi connectivity index (χ0) is 35.6. The van der Waals surface area contributed by atoms with Gasteiger partial charge in [0.05, 0.1) is 0 Å². The van der Waals surface area contributed by atoms with Gasteiger partial charge in [-0.2, -0.15) is 0 Å². The summed E-state index contributed by atoms with van der Waals surface area (Å²) in [6.07, 6.45) is 57.1. The molecule has 2 rings (SSSR count). The molecule has 0 aromatic carbocycles.